The van der Waals surface area contributed by atoms with Crippen molar-refractivity contribution < 1.29 is 4.79 Å². The van der Waals surface area contributed by atoms with E-state index in [1.165, 1.54) is 5.56 Å². The van der Waals surface area contributed by atoms with E-state index in [9.17, 15) is 4.79 Å². The Hall–Kier alpha value is -1.38. The number of nitrogens with zero attached hydrogens (tertiary/aromatic N) is 2. The standard InChI is InChI=1S/C11H14N2O/c1-8-7-9(5-6-12-8)10-3-4-11(14)13(10)2/h5-7,10H,3-4H2,1-2H3. The Labute approximate surface area is 83.8 Å². The van der Waals surface area contributed by atoms with E-state index in [1.807, 2.05) is 24.9 Å². The molecule has 1 unspecified atom stereocenters. The lowest BCUT2D eigenvalue weighted by Gasteiger charge is -2.20. The molecule has 14 heavy (non-hydrogen) atoms. The molecule has 1 fully saturated rings. The third-order valence-electron chi connectivity index (χ3n) is 2.80. The van der Waals surface area contributed by atoms with Gasteiger partial charge in [0.05, 0.1) is 6.04 Å². The molecule has 0 spiro atoms. The number of hydrogen-bond acceptors (Lipinski definition) is 2. The maximum Gasteiger partial charge on any atom is 0.222 e. The van der Waals surface area contributed by atoms with Gasteiger partial charge < -0.3 is 4.90 Å². The Morgan fingerprint density at radius 3 is 2.93 bits per heavy atom. The average molecular weight is 190 g/mol. The van der Waals surface area contributed by atoms with E-state index in [-0.39, 0.29) is 11.9 Å². The Kier molecular flexibility index (Phi) is 2.23. The molecule has 0 radical (unpaired) electrons. The van der Waals surface area contributed by atoms with Gasteiger partial charge in [0.15, 0.2) is 0 Å². The average Bonchev–Trinajstić information content (AvgIpc) is 2.48. The molecule has 1 aromatic heterocycles. The predicted octanol–water partition coefficient (Wildman–Crippen LogP) is 1.68. The molecule has 1 aliphatic heterocycles. The molecule has 3 nitrogen and oxygen atoms in total. The molecule has 1 amide bonds. The number of aryl methyl sites for hydroxylation is 1. The Balaban J connectivity index is 2.28. The highest BCUT2D eigenvalue weighted by atomic mass is 16.2. The van der Waals surface area contributed by atoms with Gasteiger partial charge in [-0.3, -0.25) is 9.78 Å². The number of carbonyl (C=O) groups excluding carboxylic acids is 1. The Morgan fingerprint density at radius 2 is 2.36 bits per heavy atom. The SMILES string of the molecule is Cc1cc(C2CCC(=O)N2C)ccn1. The first-order chi connectivity index (χ1) is 6.68. The van der Waals surface area contributed by atoms with Crippen molar-refractivity contribution in [2.45, 2.75) is 25.8 Å². The second-order valence-electron chi connectivity index (χ2n) is 3.79. The van der Waals surface area contributed by atoms with Crippen molar-refractivity contribution in [2.24, 2.45) is 0 Å². The largest absolute Gasteiger partial charge is 0.339 e. The van der Waals surface area contributed by atoms with E-state index in [2.05, 4.69) is 11.1 Å². The van der Waals surface area contributed by atoms with Crippen LogP contribution in [0.15, 0.2) is 18.3 Å². The third-order valence-corrected chi connectivity index (χ3v) is 2.80. The fourth-order valence-corrected chi connectivity index (χ4v) is 1.97. The zero-order valence-electron chi connectivity index (χ0n) is 8.53. The zero-order valence-corrected chi connectivity index (χ0v) is 8.53. The summed E-state index contributed by atoms with van der Waals surface area (Å²) in [6.45, 7) is 1.97. The lowest BCUT2D eigenvalue weighted by Crippen LogP contribution is -2.22. The van der Waals surface area contributed by atoms with Crippen molar-refractivity contribution in [3.05, 3.63) is 29.6 Å². The van der Waals surface area contributed by atoms with Crippen LogP contribution < -0.4 is 0 Å². The van der Waals surface area contributed by atoms with Crippen LogP contribution in [0, 0.1) is 6.92 Å². The molecule has 1 aliphatic rings. The first-order valence-electron chi connectivity index (χ1n) is 4.86. The number of rotatable bonds is 1. The minimum atomic E-state index is 0.240. The van der Waals surface area contributed by atoms with Crippen LogP contribution in [0.3, 0.4) is 0 Å². The highest BCUT2D eigenvalue weighted by Crippen LogP contribution is 2.30. The van der Waals surface area contributed by atoms with Gasteiger partial charge in [-0.15, -0.1) is 0 Å². The van der Waals surface area contributed by atoms with Crippen molar-refractivity contribution in [2.75, 3.05) is 7.05 Å². The summed E-state index contributed by atoms with van der Waals surface area (Å²) in [6, 6.07) is 4.30. The first-order valence-corrected chi connectivity index (χ1v) is 4.86. The van der Waals surface area contributed by atoms with Crippen molar-refractivity contribution in [1.82, 2.24) is 9.88 Å². The highest BCUT2D eigenvalue weighted by Gasteiger charge is 2.28. The number of aromatic nitrogens is 1. The fraction of sp³-hybridized carbons (Fsp3) is 0.455. The maximum absolute atomic E-state index is 11.4. The molecule has 0 saturated carbocycles. The summed E-state index contributed by atoms with van der Waals surface area (Å²) in [6.07, 6.45) is 3.41. The maximum atomic E-state index is 11.4. The molecule has 2 rings (SSSR count). The predicted molar refractivity (Wildman–Crippen MR) is 53.7 cm³/mol. The summed E-state index contributed by atoms with van der Waals surface area (Å²) in [7, 11) is 1.87. The number of hydrogen-bond donors (Lipinski definition) is 0. The molecule has 0 bridgehead atoms. The van der Waals surface area contributed by atoms with Crippen LogP contribution in [-0.2, 0) is 4.79 Å². The molecule has 0 aliphatic carbocycles. The quantitative estimate of drug-likeness (QED) is 0.675. The highest BCUT2D eigenvalue weighted by molar-refractivity contribution is 5.78. The van der Waals surface area contributed by atoms with Gasteiger partial charge in [-0.1, -0.05) is 0 Å². The smallest absolute Gasteiger partial charge is 0.222 e. The summed E-state index contributed by atoms with van der Waals surface area (Å²) < 4.78 is 0. The molecule has 2 heterocycles. The van der Waals surface area contributed by atoms with Gasteiger partial charge in [-0.2, -0.15) is 0 Å². The van der Waals surface area contributed by atoms with Crippen molar-refractivity contribution in [3.8, 4) is 0 Å². The van der Waals surface area contributed by atoms with E-state index >= 15 is 0 Å². The molecular formula is C11H14N2O. The minimum Gasteiger partial charge on any atom is -0.339 e. The lowest BCUT2D eigenvalue weighted by molar-refractivity contribution is -0.127. The molecule has 1 saturated heterocycles. The van der Waals surface area contributed by atoms with Gasteiger partial charge in [0.1, 0.15) is 0 Å². The van der Waals surface area contributed by atoms with E-state index < -0.39 is 0 Å². The fourth-order valence-electron chi connectivity index (χ4n) is 1.97. The van der Waals surface area contributed by atoms with Gasteiger partial charge in [0.2, 0.25) is 5.91 Å². The van der Waals surface area contributed by atoms with E-state index in [0.717, 1.165) is 12.1 Å². The molecule has 1 aromatic rings. The van der Waals surface area contributed by atoms with E-state index in [4.69, 9.17) is 0 Å². The Bertz CT molecular complexity index is 362. The van der Waals surface area contributed by atoms with Gasteiger partial charge >= 0.3 is 0 Å². The van der Waals surface area contributed by atoms with Crippen LogP contribution in [0.5, 0.6) is 0 Å². The van der Waals surface area contributed by atoms with Crippen LogP contribution in [0.2, 0.25) is 0 Å². The lowest BCUT2D eigenvalue weighted by atomic mass is 10.1. The van der Waals surface area contributed by atoms with Crippen LogP contribution in [0.1, 0.15) is 30.1 Å². The van der Waals surface area contributed by atoms with E-state index in [1.54, 1.807) is 6.20 Å². The number of amides is 1. The van der Waals surface area contributed by atoms with Gasteiger partial charge in [-0.05, 0) is 31.0 Å². The van der Waals surface area contributed by atoms with Crippen LogP contribution in [0.25, 0.3) is 0 Å². The molecule has 0 aromatic carbocycles. The first kappa shape index (κ1) is 9.19. The Morgan fingerprint density at radius 1 is 1.57 bits per heavy atom. The zero-order chi connectivity index (χ0) is 10.1. The monoisotopic (exact) mass is 190 g/mol. The molecule has 74 valence electrons. The second kappa shape index (κ2) is 3.40. The van der Waals surface area contributed by atoms with Crippen LogP contribution in [0.4, 0.5) is 0 Å². The van der Waals surface area contributed by atoms with E-state index in [0.29, 0.717) is 6.42 Å². The number of pyridine rings is 1. The summed E-state index contributed by atoms with van der Waals surface area (Å²) in [4.78, 5) is 17.3. The second-order valence-corrected chi connectivity index (χ2v) is 3.79. The third kappa shape index (κ3) is 1.50. The van der Waals surface area contributed by atoms with Crippen LogP contribution in [-0.4, -0.2) is 22.8 Å². The normalized spacial score (nSPS) is 21.7. The van der Waals surface area contributed by atoms with Crippen molar-refractivity contribution >= 4 is 5.91 Å². The van der Waals surface area contributed by atoms with Crippen molar-refractivity contribution in [1.29, 1.82) is 0 Å². The summed E-state index contributed by atoms with van der Waals surface area (Å²) in [5, 5.41) is 0. The van der Waals surface area contributed by atoms with Crippen molar-refractivity contribution in [3.63, 3.8) is 0 Å². The summed E-state index contributed by atoms with van der Waals surface area (Å²) >= 11 is 0. The molecule has 1 atom stereocenters. The molecule has 0 N–H and O–H groups in total. The molecule has 3 heteroatoms. The summed E-state index contributed by atoms with van der Waals surface area (Å²) in [5.74, 6) is 0.240. The number of likely N-dealkylation sites (tertiary alicyclic amines) is 1. The van der Waals surface area contributed by atoms with Gasteiger partial charge in [0, 0.05) is 25.4 Å². The molecular weight excluding hydrogens is 176 g/mol. The van der Waals surface area contributed by atoms with Gasteiger partial charge in [0.25, 0.3) is 0 Å². The van der Waals surface area contributed by atoms with Crippen LogP contribution >= 0.6 is 0 Å². The van der Waals surface area contributed by atoms with Gasteiger partial charge in [-0.25, -0.2) is 0 Å². The topological polar surface area (TPSA) is 33.2 Å². The summed E-state index contributed by atoms with van der Waals surface area (Å²) in [5.41, 5.74) is 2.21. The minimum absolute atomic E-state index is 0.240. The number of carbonyl (C=O) groups is 1.